The quantitative estimate of drug-likeness (QED) is 0.410. The Morgan fingerprint density at radius 1 is 1.22 bits per heavy atom. The number of H-pyrrole nitrogens is 1. The zero-order valence-electron chi connectivity index (χ0n) is 21.3. The smallest absolute Gasteiger partial charge is 0.312 e. The van der Waals surface area contributed by atoms with Crippen molar-refractivity contribution in [1.29, 1.82) is 0 Å². The zero-order valence-corrected chi connectivity index (χ0v) is 21.3. The molecule has 2 aliphatic heterocycles. The fourth-order valence-corrected chi connectivity index (χ4v) is 4.28. The molecule has 0 radical (unpaired) electrons. The number of aromatic amines is 1. The molecule has 11 nitrogen and oxygen atoms in total. The lowest BCUT2D eigenvalue weighted by Crippen LogP contribution is -2.36. The van der Waals surface area contributed by atoms with Gasteiger partial charge in [0.2, 0.25) is 6.79 Å². The number of esters is 1. The van der Waals surface area contributed by atoms with Gasteiger partial charge in [0.1, 0.15) is 23.3 Å². The molecule has 0 bridgehead atoms. The molecule has 2 aliphatic rings. The minimum Gasteiger partial charge on any atom is -0.493 e. The van der Waals surface area contributed by atoms with Gasteiger partial charge in [0.15, 0.2) is 17.7 Å². The van der Waals surface area contributed by atoms with E-state index in [4.69, 9.17) is 18.9 Å². The molecule has 1 amide bonds. The number of hydrogen-bond acceptors (Lipinski definition) is 9. The number of carbonyl (C=O) groups excluding carboxylic acids is 2. The van der Waals surface area contributed by atoms with Gasteiger partial charge in [-0.2, -0.15) is 0 Å². The van der Waals surface area contributed by atoms with E-state index in [0.717, 1.165) is 6.42 Å². The molecule has 4 heterocycles. The van der Waals surface area contributed by atoms with Gasteiger partial charge in [-0.05, 0) is 39.3 Å². The summed E-state index contributed by atoms with van der Waals surface area (Å²) in [7, 11) is 0. The fourth-order valence-electron chi connectivity index (χ4n) is 4.28. The Hall–Kier alpha value is -3.86. The first-order valence-corrected chi connectivity index (χ1v) is 12.4. The van der Waals surface area contributed by atoms with E-state index in [1.807, 2.05) is 19.1 Å². The van der Waals surface area contributed by atoms with E-state index in [1.54, 1.807) is 27.0 Å². The van der Waals surface area contributed by atoms with E-state index < -0.39 is 11.6 Å². The second-order valence-corrected chi connectivity index (χ2v) is 10.1. The van der Waals surface area contributed by atoms with Crippen molar-refractivity contribution in [3.63, 3.8) is 0 Å². The molecule has 1 aromatic carbocycles. The first-order chi connectivity index (χ1) is 17.8. The summed E-state index contributed by atoms with van der Waals surface area (Å²) in [6, 6.07) is 3.44. The summed E-state index contributed by atoms with van der Waals surface area (Å²) in [6.07, 6.45) is 3.90. The second-order valence-electron chi connectivity index (χ2n) is 10.1. The van der Waals surface area contributed by atoms with Crippen molar-refractivity contribution < 1.29 is 28.5 Å². The average molecular weight is 510 g/mol. The van der Waals surface area contributed by atoms with Crippen molar-refractivity contribution in [1.82, 2.24) is 25.6 Å². The maximum absolute atomic E-state index is 13.2. The first-order valence-electron chi connectivity index (χ1n) is 12.4. The van der Waals surface area contributed by atoms with Crippen molar-refractivity contribution >= 4 is 22.9 Å². The van der Waals surface area contributed by atoms with E-state index in [0.29, 0.717) is 64.7 Å². The summed E-state index contributed by atoms with van der Waals surface area (Å²) in [5.41, 5.74) is 2.04. The van der Waals surface area contributed by atoms with Gasteiger partial charge in [0.05, 0.1) is 28.7 Å². The Kier molecular flexibility index (Phi) is 6.63. The van der Waals surface area contributed by atoms with Crippen LogP contribution in [-0.4, -0.2) is 59.0 Å². The van der Waals surface area contributed by atoms with E-state index >= 15 is 0 Å². The van der Waals surface area contributed by atoms with Crippen LogP contribution in [0.2, 0.25) is 0 Å². The van der Waals surface area contributed by atoms with Crippen molar-refractivity contribution in [2.45, 2.75) is 52.8 Å². The van der Waals surface area contributed by atoms with Crippen LogP contribution in [0.3, 0.4) is 0 Å². The lowest BCUT2D eigenvalue weighted by atomic mass is 9.97. The van der Waals surface area contributed by atoms with Crippen LogP contribution in [0.4, 0.5) is 0 Å². The Labute approximate surface area is 214 Å². The predicted octanol–water partition coefficient (Wildman–Crippen LogP) is 3.15. The Morgan fingerprint density at radius 3 is 2.84 bits per heavy atom. The van der Waals surface area contributed by atoms with Gasteiger partial charge in [0.25, 0.3) is 5.91 Å². The largest absolute Gasteiger partial charge is 0.493 e. The molecule has 2 aromatic heterocycles. The molecule has 11 heteroatoms. The molecule has 0 spiro atoms. The number of benzene rings is 1. The lowest BCUT2D eigenvalue weighted by molar-refractivity contribution is -0.159. The summed E-state index contributed by atoms with van der Waals surface area (Å²) < 4.78 is 22.8. The molecule has 2 atom stereocenters. The van der Waals surface area contributed by atoms with Crippen LogP contribution >= 0.6 is 0 Å². The number of fused-ring (bicyclic) bond motifs is 2. The van der Waals surface area contributed by atoms with Gasteiger partial charge in [-0.25, -0.2) is 9.97 Å². The number of nitrogens with one attached hydrogen (secondary N) is 3. The monoisotopic (exact) mass is 509 g/mol. The number of hydrogen-bond donors (Lipinski definition) is 3. The van der Waals surface area contributed by atoms with Crippen molar-refractivity contribution in [3.05, 3.63) is 30.2 Å². The highest BCUT2D eigenvalue weighted by molar-refractivity contribution is 6.08. The average Bonchev–Trinajstić information content (AvgIpc) is 3.61. The molecule has 5 rings (SSSR count). The van der Waals surface area contributed by atoms with E-state index in [-0.39, 0.29) is 24.7 Å². The minimum absolute atomic E-state index is 0.105. The minimum atomic E-state index is -0.595. The van der Waals surface area contributed by atoms with E-state index in [9.17, 15) is 9.59 Å². The van der Waals surface area contributed by atoms with Gasteiger partial charge in [0, 0.05) is 25.2 Å². The molecule has 1 unspecified atom stereocenters. The normalized spacial score (nSPS) is 18.7. The van der Waals surface area contributed by atoms with Crippen LogP contribution < -0.4 is 24.8 Å². The Bertz CT molecular complexity index is 1330. The second kappa shape index (κ2) is 9.89. The third-order valence-corrected chi connectivity index (χ3v) is 6.19. The molecule has 0 saturated carbocycles. The molecule has 37 heavy (non-hydrogen) atoms. The third kappa shape index (κ3) is 4.91. The highest BCUT2D eigenvalue weighted by Crippen LogP contribution is 2.47. The van der Waals surface area contributed by atoms with E-state index in [1.165, 1.54) is 6.33 Å². The molecular weight excluding hydrogens is 478 g/mol. The molecule has 3 N–H and O–H groups in total. The summed E-state index contributed by atoms with van der Waals surface area (Å²) >= 11 is 0. The topological polar surface area (TPSA) is 137 Å². The van der Waals surface area contributed by atoms with Crippen LogP contribution in [-0.2, 0) is 9.53 Å². The van der Waals surface area contributed by atoms with Gasteiger partial charge in [-0.15, -0.1) is 0 Å². The van der Waals surface area contributed by atoms with Crippen LogP contribution in [0.25, 0.3) is 22.3 Å². The standard InChI is InChI=1S/C26H31N5O6/c1-5-8-34-16-6-7-17-23(36-13-35-17)19(16)21-22-20(29-12-30-21)15(11-28-22)24(32)31-14-9-18(27-10-14)37-25(33)26(2,3)4/h6-7,11-12,14,18,27-28H,5,8-10,13H2,1-4H3,(H,31,32)/t14-,18?/m1/s1. The van der Waals surface area contributed by atoms with Crippen molar-refractivity contribution in [2.24, 2.45) is 5.41 Å². The number of ether oxygens (including phenoxy) is 4. The Morgan fingerprint density at radius 2 is 2.05 bits per heavy atom. The summed E-state index contributed by atoms with van der Waals surface area (Å²) in [6.45, 7) is 8.56. The maximum Gasteiger partial charge on any atom is 0.312 e. The highest BCUT2D eigenvalue weighted by Gasteiger charge is 2.33. The lowest BCUT2D eigenvalue weighted by Gasteiger charge is -2.20. The van der Waals surface area contributed by atoms with Gasteiger partial charge >= 0.3 is 5.97 Å². The molecule has 0 aliphatic carbocycles. The summed E-state index contributed by atoms with van der Waals surface area (Å²) in [5, 5.41) is 6.16. The fraction of sp³-hybridized carbons (Fsp3) is 0.462. The number of aromatic nitrogens is 3. The summed E-state index contributed by atoms with van der Waals surface area (Å²) in [4.78, 5) is 37.5. The van der Waals surface area contributed by atoms with Gasteiger partial charge in [-0.3, -0.25) is 14.9 Å². The first kappa shape index (κ1) is 24.8. The highest BCUT2D eigenvalue weighted by atomic mass is 16.7. The van der Waals surface area contributed by atoms with Crippen LogP contribution in [0.5, 0.6) is 17.2 Å². The van der Waals surface area contributed by atoms with Crippen molar-refractivity contribution in [2.75, 3.05) is 19.9 Å². The molecular formula is C26H31N5O6. The summed E-state index contributed by atoms with van der Waals surface area (Å²) in [5.74, 6) is 1.18. The van der Waals surface area contributed by atoms with Crippen LogP contribution in [0.15, 0.2) is 24.7 Å². The Balaban J connectivity index is 1.39. The van der Waals surface area contributed by atoms with Gasteiger partial charge in [-0.1, -0.05) is 6.92 Å². The molecule has 1 saturated heterocycles. The zero-order chi connectivity index (χ0) is 26.2. The molecule has 3 aromatic rings. The van der Waals surface area contributed by atoms with Crippen LogP contribution in [0, 0.1) is 5.41 Å². The molecule has 196 valence electrons. The molecule has 1 fully saturated rings. The number of amides is 1. The van der Waals surface area contributed by atoms with Crippen molar-refractivity contribution in [3.8, 4) is 28.5 Å². The van der Waals surface area contributed by atoms with Gasteiger partial charge < -0.3 is 29.2 Å². The SMILES string of the molecule is CCCOc1ccc2c(c1-c1ncnc3c(C(=O)N[C@H]4CNC(OC(=O)C(C)(C)C)C4)c[nH]c13)OCO2. The third-order valence-electron chi connectivity index (χ3n) is 6.19. The number of carbonyl (C=O) groups is 2. The number of rotatable bonds is 7. The number of nitrogens with zero attached hydrogens (tertiary/aromatic N) is 2. The maximum atomic E-state index is 13.2. The predicted molar refractivity (Wildman–Crippen MR) is 134 cm³/mol. The van der Waals surface area contributed by atoms with E-state index in [2.05, 4.69) is 25.6 Å². The van der Waals surface area contributed by atoms with Crippen LogP contribution in [0.1, 0.15) is 50.9 Å².